The van der Waals surface area contributed by atoms with Crippen LogP contribution in [-0.2, 0) is 6.42 Å². The van der Waals surface area contributed by atoms with Gasteiger partial charge in [-0.1, -0.05) is 6.92 Å². The molecule has 0 bridgehead atoms. The Morgan fingerprint density at radius 3 is 2.50 bits per heavy atom. The van der Waals surface area contributed by atoms with E-state index in [-0.39, 0.29) is 5.78 Å². The summed E-state index contributed by atoms with van der Waals surface area (Å²) in [5.74, 6) is 1.11. The summed E-state index contributed by atoms with van der Waals surface area (Å²) in [5.41, 5.74) is 0.532. The molecule has 0 aliphatic heterocycles. The van der Waals surface area contributed by atoms with Crippen LogP contribution < -0.4 is 9.47 Å². The second kappa shape index (κ2) is 6.41. The van der Waals surface area contributed by atoms with E-state index in [0.717, 1.165) is 11.3 Å². The molecule has 5 heteroatoms. The number of halogens is 1. The molecule has 0 radical (unpaired) electrons. The molecular formula is C15H15BrO3S. The Labute approximate surface area is 130 Å². The van der Waals surface area contributed by atoms with Gasteiger partial charge in [0, 0.05) is 4.88 Å². The average molecular weight is 355 g/mol. The molecule has 0 saturated carbocycles. The van der Waals surface area contributed by atoms with Crippen LogP contribution in [-0.4, -0.2) is 20.0 Å². The monoisotopic (exact) mass is 354 g/mol. The van der Waals surface area contributed by atoms with Gasteiger partial charge in [-0.2, -0.15) is 0 Å². The third-order valence-electron chi connectivity index (χ3n) is 2.96. The number of rotatable bonds is 5. The van der Waals surface area contributed by atoms with Crippen LogP contribution in [0.25, 0.3) is 0 Å². The lowest BCUT2D eigenvalue weighted by atomic mass is 10.1. The Morgan fingerprint density at radius 2 is 1.95 bits per heavy atom. The van der Waals surface area contributed by atoms with Gasteiger partial charge in [0.2, 0.25) is 5.78 Å². The Hall–Kier alpha value is -1.33. The van der Waals surface area contributed by atoms with E-state index < -0.39 is 0 Å². The molecule has 1 heterocycles. The Kier molecular flexibility index (Phi) is 4.83. The third kappa shape index (κ3) is 2.74. The maximum atomic E-state index is 12.6. The lowest BCUT2D eigenvalue weighted by Gasteiger charge is -2.12. The van der Waals surface area contributed by atoms with Gasteiger partial charge in [-0.15, -0.1) is 11.3 Å². The van der Waals surface area contributed by atoms with Crippen molar-refractivity contribution in [1.29, 1.82) is 0 Å². The highest BCUT2D eigenvalue weighted by Gasteiger charge is 2.20. The molecule has 2 rings (SSSR count). The largest absolute Gasteiger partial charge is 0.495 e. The second-order valence-electron chi connectivity index (χ2n) is 4.11. The SMILES string of the molecule is CCc1ccc(C(=O)c2ccc(OC)c(Br)c2OC)s1. The molecule has 0 atom stereocenters. The van der Waals surface area contributed by atoms with Gasteiger partial charge in [0.25, 0.3) is 0 Å². The molecule has 1 aromatic heterocycles. The Morgan fingerprint density at radius 1 is 1.20 bits per heavy atom. The number of ketones is 1. The first kappa shape index (κ1) is 15.1. The fourth-order valence-electron chi connectivity index (χ4n) is 1.90. The zero-order valence-corrected chi connectivity index (χ0v) is 13.9. The van der Waals surface area contributed by atoms with E-state index in [4.69, 9.17) is 9.47 Å². The number of carbonyl (C=O) groups excluding carboxylic acids is 1. The smallest absolute Gasteiger partial charge is 0.206 e. The Balaban J connectivity index is 2.46. The summed E-state index contributed by atoms with van der Waals surface area (Å²) in [4.78, 5) is 14.5. The van der Waals surface area contributed by atoms with Crippen LogP contribution in [0, 0.1) is 0 Å². The minimum Gasteiger partial charge on any atom is -0.495 e. The van der Waals surface area contributed by atoms with E-state index in [1.165, 1.54) is 16.2 Å². The average Bonchev–Trinajstić information content (AvgIpc) is 2.95. The molecule has 3 nitrogen and oxygen atoms in total. The topological polar surface area (TPSA) is 35.5 Å². The number of hydrogen-bond acceptors (Lipinski definition) is 4. The number of aryl methyl sites for hydroxylation is 1. The zero-order valence-electron chi connectivity index (χ0n) is 11.5. The van der Waals surface area contributed by atoms with Crippen LogP contribution in [0.15, 0.2) is 28.7 Å². The Bertz CT molecular complexity index is 634. The van der Waals surface area contributed by atoms with E-state index in [1.807, 2.05) is 12.1 Å². The molecule has 2 aromatic rings. The van der Waals surface area contributed by atoms with Crippen molar-refractivity contribution >= 4 is 33.0 Å². The van der Waals surface area contributed by atoms with Crippen molar-refractivity contribution < 1.29 is 14.3 Å². The van der Waals surface area contributed by atoms with Crippen LogP contribution >= 0.6 is 27.3 Å². The van der Waals surface area contributed by atoms with Crippen LogP contribution in [0.4, 0.5) is 0 Å². The van der Waals surface area contributed by atoms with Crippen molar-refractivity contribution in [3.05, 3.63) is 44.1 Å². The van der Waals surface area contributed by atoms with Gasteiger partial charge < -0.3 is 9.47 Å². The second-order valence-corrected chi connectivity index (χ2v) is 6.07. The van der Waals surface area contributed by atoms with Crippen molar-refractivity contribution in [1.82, 2.24) is 0 Å². The highest BCUT2D eigenvalue weighted by atomic mass is 79.9. The highest BCUT2D eigenvalue weighted by molar-refractivity contribution is 9.10. The molecule has 0 aliphatic rings. The summed E-state index contributed by atoms with van der Waals surface area (Å²) in [7, 11) is 3.12. The van der Waals surface area contributed by atoms with E-state index in [0.29, 0.717) is 21.5 Å². The first-order chi connectivity index (χ1) is 9.62. The van der Waals surface area contributed by atoms with Crippen molar-refractivity contribution in [2.24, 2.45) is 0 Å². The quantitative estimate of drug-likeness (QED) is 0.750. The first-order valence-electron chi connectivity index (χ1n) is 6.16. The maximum Gasteiger partial charge on any atom is 0.206 e. The molecule has 0 fully saturated rings. The van der Waals surface area contributed by atoms with Crippen molar-refractivity contribution in [2.45, 2.75) is 13.3 Å². The van der Waals surface area contributed by atoms with Crippen LogP contribution in [0.5, 0.6) is 11.5 Å². The van der Waals surface area contributed by atoms with E-state index in [9.17, 15) is 4.79 Å². The van der Waals surface area contributed by atoms with Crippen LogP contribution in [0.2, 0.25) is 0 Å². The summed E-state index contributed by atoms with van der Waals surface area (Å²) in [5, 5.41) is 0. The van der Waals surface area contributed by atoms with Gasteiger partial charge in [0.15, 0.2) is 0 Å². The predicted octanol–water partition coefficient (Wildman–Crippen LogP) is 4.32. The van der Waals surface area contributed by atoms with Gasteiger partial charge in [0.1, 0.15) is 16.0 Å². The summed E-state index contributed by atoms with van der Waals surface area (Å²) in [6.07, 6.45) is 0.932. The normalized spacial score (nSPS) is 10.4. The molecule has 0 saturated heterocycles. The fourth-order valence-corrected chi connectivity index (χ4v) is 3.47. The fraction of sp³-hybridized carbons (Fsp3) is 0.267. The maximum absolute atomic E-state index is 12.6. The number of thiophene rings is 1. The number of methoxy groups -OCH3 is 2. The summed E-state index contributed by atoms with van der Waals surface area (Å²) >= 11 is 4.93. The van der Waals surface area contributed by atoms with Crippen molar-refractivity contribution in [2.75, 3.05) is 14.2 Å². The predicted molar refractivity (Wildman–Crippen MR) is 84.4 cm³/mol. The number of benzene rings is 1. The number of ether oxygens (including phenoxy) is 2. The molecule has 0 spiro atoms. The molecule has 0 unspecified atom stereocenters. The van der Waals surface area contributed by atoms with Gasteiger partial charge in [-0.3, -0.25) is 4.79 Å². The minimum absolute atomic E-state index is 0.0325. The standard InChI is InChI=1S/C15H15BrO3S/c1-4-9-5-8-12(20-9)14(17)10-6-7-11(18-2)13(16)15(10)19-3/h5-8H,4H2,1-3H3. The highest BCUT2D eigenvalue weighted by Crippen LogP contribution is 2.38. The summed E-state index contributed by atoms with van der Waals surface area (Å²) in [6, 6.07) is 7.34. The molecule has 0 amide bonds. The van der Waals surface area contributed by atoms with Gasteiger partial charge >= 0.3 is 0 Å². The molecule has 1 aromatic carbocycles. The lowest BCUT2D eigenvalue weighted by Crippen LogP contribution is -2.03. The van der Waals surface area contributed by atoms with Crippen LogP contribution in [0.1, 0.15) is 27.0 Å². The number of carbonyl (C=O) groups is 1. The molecular weight excluding hydrogens is 340 g/mol. The first-order valence-corrected chi connectivity index (χ1v) is 7.77. The minimum atomic E-state index is -0.0325. The van der Waals surface area contributed by atoms with Gasteiger partial charge in [-0.25, -0.2) is 0 Å². The van der Waals surface area contributed by atoms with Crippen LogP contribution in [0.3, 0.4) is 0 Å². The lowest BCUT2D eigenvalue weighted by molar-refractivity contribution is 0.103. The summed E-state index contributed by atoms with van der Waals surface area (Å²) < 4.78 is 11.2. The number of hydrogen-bond donors (Lipinski definition) is 0. The zero-order chi connectivity index (χ0) is 14.7. The molecule has 106 valence electrons. The van der Waals surface area contributed by atoms with Gasteiger partial charge in [-0.05, 0) is 46.6 Å². The molecule has 0 aliphatic carbocycles. The summed E-state index contributed by atoms with van der Waals surface area (Å²) in [6.45, 7) is 2.07. The third-order valence-corrected chi connectivity index (χ3v) is 4.94. The van der Waals surface area contributed by atoms with Crippen molar-refractivity contribution in [3.63, 3.8) is 0 Å². The van der Waals surface area contributed by atoms with E-state index in [1.54, 1.807) is 26.4 Å². The van der Waals surface area contributed by atoms with E-state index >= 15 is 0 Å². The molecule has 0 N–H and O–H groups in total. The van der Waals surface area contributed by atoms with E-state index in [2.05, 4.69) is 22.9 Å². The van der Waals surface area contributed by atoms with Gasteiger partial charge in [0.05, 0.1) is 24.7 Å². The molecule has 20 heavy (non-hydrogen) atoms. The van der Waals surface area contributed by atoms with Crippen molar-refractivity contribution in [3.8, 4) is 11.5 Å².